The lowest BCUT2D eigenvalue weighted by atomic mass is 9.97. The maximum Gasteiger partial charge on any atom is 0.190 e. The number of aliphatic imine (C=N–C) groups is 1. The van der Waals surface area contributed by atoms with Gasteiger partial charge in [-0.3, -0.25) is 4.99 Å². The van der Waals surface area contributed by atoms with E-state index in [2.05, 4.69) is 58.8 Å². The molecule has 0 amide bonds. The highest BCUT2D eigenvalue weighted by Crippen LogP contribution is 2.17. The molecule has 2 unspecified atom stereocenters. The normalized spacial score (nSPS) is 20.2. The lowest BCUT2D eigenvalue weighted by Crippen LogP contribution is -2.46. The molecule has 2 heterocycles. The van der Waals surface area contributed by atoms with Crippen molar-refractivity contribution in [1.29, 1.82) is 0 Å². The topological polar surface area (TPSA) is 39.7 Å². The number of piperidine rings is 1. The van der Waals surface area contributed by atoms with Crippen LogP contribution in [0.2, 0.25) is 0 Å². The largest absolute Gasteiger partial charge is 0.356 e. The Morgan fingerprint density at radius 2 is 2.16 bits per heavy atom. The fourth-order valence-corrected chi connectivity index (χ4v) is 4.18. The first kappa shape index (κ1) is 22.7. The van der Waals surface area contributed by atoms with Crippen molar-refractivity contribution in [2.75, 3.05) is 33.2 Å². The van der Waals surface area contributed by atoms with Gasteiger partial charge in [-0.1, -0.05) is 13.0 Å². The Bertz CT molecular complexity index is 490. The molecule has 4 nitrogen and oxygen atoms in total. The van der Waals surface area contributed by atoms with Crippen molar-refractivity contribution in [2.45, 2.75) is 46.1 Å². The van der Waals surface area contributed by atoms with E-state index in [0.717, 1.165) is 31.4 Å². The van der Waals surface area contributed by atoms with Crippen LogP contribution < -0.4 is 10.6 Å². The Balaban J connectivity index is 0.00000312. The monoisotopic (exact) mass is 478 g/mol. The predicted molar refractivity (Wildman–Crippen MR) is 121 cm³/mol. The van der Waals surface area contributed by atoms with E-state index in [1.807, 2.05) is 18.4 Å². The summed E-state index contributed by atoms with van der Waals surface area (Å²) in [6.07, 6.45) is 3.77. The molecular weight excluding hydrogens is 443 g/mol. The van der Waals surface area contributed by atoms with E-state index in [0.29, 0.717) is 12.0 Å². The van der Waals surface area contributed by atoms with E-state index in [1.54, 1.807) is 0 Å². The van der Waals surface area contributed by atoms with E-state index in [9.17, 15) is 0 Å². The minimum absolute atomic E-state index is 0. The summed E-state index contributed by atoms with van der Waals surface area (Å²) in [7, 11) is 1.86. The van der Waals surface area contributed by atoms with Crippen LogP contribution in [0.5, 0.6) is 0 Å². The maximum atomic E-state index is 4.38. The molecule has 1 aromatic heterocycles. The van der Waals surface area contributed by atoms with Gasteiger partial charge in [0.25, 0.3) is 0 Å². The first-order valence-electron chi connectivity index (χ1n) is 9.29. The number of rotatable bonds is 7. The van der Waals surface area contributed by atoms with Gasteiger partial charge in [-0.15, -0.1) is 35.3 Å². The van der Waals surface area contributed by atoms with Crippen LogP contribution in [0.15, 0.2) is 22.5 Å². The summed E-state index contributed by atoms with van der Waals surface area (Å²) in [5, 5.41) is 9.17. The number of nitrogens with one attached hydrogen (secondary N) is 2. The second kappa shape index (κ2) is 12.1. The number of hydrogen-bond donors (Lipinski definition) is 2. The standard InChI is InChI=1S/C19H34N4S.HI/c1-15(2)23-9-5-7-17(14-23)13-22-19(20-4)21-12-16(3)11-18-8-6-10-24-18;/h6,8,10,15-17H,5,7,9,11-14H2,1-4H3,(H2,20,21,22);1H. The van der Waals surface area contributed by atoms with E-state index >= 15 is 0 Å². The molecule has 0 spiro atoms. The molecule has 2 N–H and O–H groups in total. The van der Waals surface area contributed by atoms with Gasteiger partial charge in [-0.2, -0.15) is 0 Å². The van der Waals surface area contributed by atoms with Gasteiger partial charge in [0, 0.05) is 37.6 Å². The number of nitrogens with zero attached hydrogens (tertiary/aromatic N) is 2. The summed E-state index contributed by atoms with van der Waals surface area (Å²) in [4.78, 5) is 8.43. The van der Waals surface area contributed by atoms with Crippen LogP contribution in [-0.4, -0.2) is 50.1 Å². The van der Waals surface area contributed by atoms with Crippen LogP contribution in [0.4, 0.5) is 0 Å². The van der Waals surface area contributed by atoms with Gasteiger partial charge < -0.3 is 15.5 Å². The lowest BCUT2D eigenvalue weighted by Gasteiger charge is -2.35. The third-order valence-corrected chi connectivity index (χ3v) is 5.71. The quantitative estimate of drug-likeness (QED) is 0.356. The second-order valence-electron chi connectivity index (χ2n) is 7.32. The fraction of sp³-hybridized carbons (Fsp3) is 0.737. The van der Waals surface area contributed by atoms with Crippen LogP contribution in [0.3, 0.4) is 0 Å². The molecule has 144 valence electrons. The molecule has 1 aliphatic rings. The van der Waals surface area contributed by atoms with Gasteiger partial charge >= 0.3 is 0 Å². The first-order chi connectivity index (χ1) is 11.6. The average Bonchev–Trinajstić information content (AvgIpc) is 3.08. The molecule has 1 fully saturated rings. The highest BCUT2D eigenvalue weighted by Gasteiger charge is 2.21. The smallest absolute Gasteiger partial charge is 0.190 e. The second-order valence-corrected chi connectivity index (χ2v) is 8.35. The number of halogens is 1. The number of likely N-dealkylation sites (tertiary alicyclic amines) is 1. The highest BCUT2D eigenvalue weighted by atomic mass is 127. The number of hydrogen-bond acceptors (Lipinski definition) is 3. The molecule has 0 saturated carbocycles. The van der Waals surface area contributed by atoms with Gasteiger partial charge in [-0.25, -0.2) is 0 Å². The molecule has 2 atom stereocenters. The molecule has 0 aliphatic carbocycles. The van der Waals surface area contributed by atoms with Crippen LogP contribution >= 0.6 is 35.3 Å². The Morgan fingerprint density at radius 3 is 2.80 bits per heavy atom. The van der Waals surface area contributed by atoms with Crippen LogP contribution in [0, 0.1) is 11.8 Å². The molecule has 6 heteroatoms. The van der Waals surface area contributed by atoms with Gasteiger partial charge in [0.15, 0.2) is 5.96 Å². The summed E-state index contributed by atoms with van der Waals surface area (Å²) in [6, 6.07) is 5.01. The number of guanidine groups is 1. The first-order valence-corrected chi connectivity index (χ1v) is 10.2. The van der Waals surface area contributed by atoms with Crippen LogP contribution in [0.1, 0.15) is 38.5 Å². The van der Waals surface area contributed by atoms with Crippen molar-refractivity contribution < 1.29 is 0 Å². The minimum Gasteiger partial charge on any atom is -0.356 e. The van der Waals surface area contributed by atoms with Crippen molar-refractivity contribution in [3.63, 3.8) is 0 Å². The SMILES string of the molecule is CN=C(NCC(C)Cc1cccs1)NCC1CCCN(C(C)C)C1.I. The molecule has 1 aromatic rings. The molecule has 25 heavy (non-hydrogen) atoms. The summed E-state index contributed by atoms with van der Waals surface area (Å²) in [6.45, 7) is 11.3. The third kappa shape index (κ3) is 8.26. The highest BCUT2D eigenvalue weighted by molar-refractivity contribution is 14.0. The Kier molecular flexibility index (Phi) is 11.0. The zero-order valence-electron chi connectivity index (χ0n) is 16.1. The molecule has 0 radical (unpaired) electrons. The van der Waals surface area contributed by atoms with Crippen molar-refractivity contribution in [3.8, 4) is 0 Å². The molecule has 0 bridgehead atoms. The zero-order chi connectivity index (χ0) is 17.4. The molecule has 1 aliphatic heterocycles. The zero-order valence-corrected chi connectivity index (χ0v) is 19.3. The van der Waals surface area contributed by atoms with Gasteiger partial charge in [0.1, 0.15) is 0 Å². The summed E-state index contributed by atoms with van der Waals surface area (Å²) >= 11 is 1.84. The molecule has 2 rings (SSSR count). The van der Waals surface area contributed by atoms with Crippen molar-refractivity contribution in [3.05, 3.63) is 22.4 Å². The van der Waals surface area contributed by atoms with Crippen molar-refractivity contribution in [2.24, 2.45) is 16.8 Å². The maximum absolute atomic E-state index is 4.38. The number of thiophene rings is 1. The minimum atomic E-state index is 0. The van der Waals surface area contributed by atoms with E-state index in [-0.39, 0.29) is 24.0 Å². The van der Waals surface area contributed by atoms with E-state index in [4.69, 9.17) is 0 Å². The fourth-order valence-electron chi connectivity index (χ4n) is 3.31. The van der Waals surface area contributed by atoms with Crippen LogP contribution in [-0.2, 0) is 6.42 Å². The predicted octanol–water partition coefficient (Wildman–Crippen LogP) is 3.83. The Morgan fingerprint density at radius 1 is 1.36 bits per heavy atom. The lowest BCUT2D eigenvalue weighted by molar-refractivity contribution is 0.141. The van der Waals surface area contributed by atoms with E-state index < -0.39 is 0 Å². The molecule has 0 aromatic carbocycles. The Hall–Kier alpha value is -0.340. The molecule has 1 saturated heterocycles. The molecular formula is C19H35IN4S. The summed E-state index contributed by atoms with van der Waals surface area (Å²) in [5.74, 6) is 2.27. The third-order valence-electron chi connectivity index (χ3n) is 4.81. The van der Waals surface area contributed by atoms with Gasteiger partial charge in [-0.05, 0) is 62.9 Å². The van der Waals surface area contributed by atoms with Crippen LogP contribution in [0.25, 0.3) is 0 Å². The van der Waals surface area contributed by atoms with Crippen molar-refractivity contribution in [1.82, 2.24) is 15.5 Å². The Labute approximate surface area is 174 Å². The summed E-state index contributed by atoms with van der Waals surface area (Å²) in [5.41, 5.74) is 0. The van der Waals surface area contributed by atoms with Crippen molar-refractivity contribution >= 4 is 41.3 Å². The van der Waals surface area contributed by atoms with Gasteiger partial charge in [0.2, 0.25) is 0 Å². The van der Waals surface area contributed by atoms with Gasteiger partial charge in [0.05, 0.1) is 0 Å². The van der Waals surface area contributed by atoms with E-state index in [1.165, 1.54) is 30.8 Å². The average molecular weight is 478 g/mol. The summed E-state index contributed by atoms with van der Waals surface area (Å²) < 4.78 is 0.